The Morgan fingerprint density at radius 2 is 1.87 bits per heavy atom. The average Bonchev–Trinajstić information content (AvgIpc) is 2.95. The number of hydrogen-bond donors (Lipinski definition) is 1. The maximum absolute atomic E-state index is 12.3. The molecule has 0 saturated heterocycles. The minimum Gasteiger partial charge on any atom is -0.341 e. The Kier molecular flexibility index (Phi) is 4.06. The number of amides is 1. The summed E-state index contributed by atoms with van der Waals surface area (Å²) >= 11 is 0. The molecule has 1 amide bonds. The van der Waals surface area contributed by atoms with Crippen LogP contribution in [0.3, 0.4) is 0 Å². The lowest BCUT2D eigenvalue weighted by molar-refractivity contribution is 0.0932. The number of carbonyl (C=O) groups is 1. The normalized spacial score (nSPS) is 12.5. The Balaban J connectivity index is 1.93. The Morgan fingerprint density at radius 1 is 1.09 bits per heavy atom. The highest BCUT2D eigenvalue weighted by molar-refractivity contribution is 5.92. The van der Waals surface area contributed by atoms with Crippen LogP contribution in [0.2, 0.25) is 0 Å². The Hall–Kier alpha value is -2.76. The highest BCUT2D eigenvalue weighted by Crippen LogP contribution is 2.23. The molecule has 0 aliphatic rings. The van der Waals surface area contributed by atoms with Crippen LogP contribution < -0.4 is 5.32 Å². The van der Waals surface area contributed by atoms with E-state index >= 15 is 0 Å². The van der Waals surface area contributed by atoms with Crippen LogP contribution in [0.15, 0.2) is 42.7 Å². The van der Waals surface area contributed by atoms with Crippen molar-refractivity contribution in [3.63, 3.8) is 0 Å². The standard InChI is InChI=1S/C17H19N5O/c1-11(2)22-15(21-13-8-6-10-19-16(13)22)12(3)20-17(23)14-7-4-5-9-18-14/h4-12H,1-3H3,(H,20,23). The highest BCUT2D eigenvalue weighted by atomic mass is 16.1. The molecule has 23 heavy (non-hydrogen) atoms. The third kappa shape index (κ3) is 2.92. The van der Waals surface area contributed by atoms with Crippen molar-refractivity contribution in [2.24, 2.45) is 0 Å². The lowest BCUT2D eigenvalue weighted by atomic mass is 10.2. The second-order valence-corrected chi connectivity index (χ2v) is 5.69. The van der Waals surface area contributed by atoms with Gasteiger partial charge in [-0.05, 0) is 45.0 Å². The lowest BCUT2D eigenvalue weighted by Crippen LogP contribution is -2.29. The van der Waals surface area contributed by atoms with Crippen molar-refractivity contribution < 1.29 is 4.79 Å². The molecule has 3 heterocycles. The largest absolute Gasteiger partial charge is 0.341 e. The molecule has 0 aromatic carbocycles. The molecule has 6 nitrogen and oxygen atoms in total. The first-order valence-corrected chi connectivity index (χ1v) is 7.62. The summed E-state index contributed by atoms with van der Waals surface area (Å²) in [5.41, 5.74) is 2.05. The van der Waals surface area contributed by atoms with Gasteiger partial charge in [0.2, 0.25) is 0 Å². The highest BCUT2D eigenvalue weighted by Gasteiger charge is 2.21. The number of imidazole rings is 1. The summed E-state index contributed by atoms with van der Waals surface area (Å²) in [6.07, 6.45) is 3.36. The molecule has 0 spiro atoms. The summed E-state index contributed by atoms with van der Waals surface area (Å²) in [5.74, 6) is 0.575. The van der Waals surface area contributed by atoms with Crippen LogP contribution in [0.1, 0.15) is 49.2 Å². The van der Waals surface area contributed by atoms with Crippen LogP contribution in [0, 0.1) is 0 Å². The van der Waals surface area contributed by atoms with Crippen LogP contribution >= 0.6 is 0 Å². The van der Waals surface area contributed by atoms with E-state index in [-0.39, 0.29) is 18.0 Å². The van der Waals surface area contributed by atoms with Crippen molar-refractivity contribution in [3.05, 3.63) is 54.2 Å². The number of carbonyl (C=O) groups excluding carboxylic acids is 1. The zero-order chi connectivity index (χ0) is 16.4. The molecule has 1 unspecified atom stereocenters. The van der Waals surface area contributed by atoms with E-state index in [0.29, 0.717) is 5.69 Å². The van der Waals surface area contributed by atoms with Gasteiger partial charge in [0.05, 0.1) is 6.04 Å². The molecule has 0 radical (unpaired) electrons. The second kappa shape index (κ2) is 6.16. The van der Waals surface area contributed by atoms with Gasteiger partial charge in [0, 0.05) is 18.4 Å². The van der Waals surface area contributed by atoms with Crippen LogP contribution in [0.4, 0.5) is 0 Å². The van der Waals surface area contributed by atoms with E-state index in [0.717, 1.165) is 17.0 Å². The third-order valence-electron chi connectivity index (χ3n) is 3.62. The van der Waals surface area contributed by atoms with Crippen LogP contribution in [0.5, 0.6) is 0 Å². The molecule has 0 aliphatic heterocycles. The van der Waals surface area contributed by atoms with Gasteiger partial charge in [0.25, 0.3) is 5.91 Å². The average molecular weight is 309 g/mol. The predicted octanol–water partition coefficient (Wildman–Crippen LogP) is 2.90. The third-order valence-corrected chi connectivity index (χ3v) is 3.62. The molecule has 3 aromatic heterocycles. The van der Waals surface area contributed by atoms with Gasteiger partial charge in [-0.2, -0.15) is 0 Å². The van der Waals surface area contributed by atoms with E-state index < -0.39 is 0 Å². The van der Waals surface area contributed by atoms with Gasteiger partial charge >= 0.3 is 0 Å². The number of aromatic nitrogens is 4. The monoisotopic (exact) mass is 309 g/mol. The first-order valence-electron chi connectivity index (χ1n) is 7.62. The minimum atomic E-state index is -0.249. The van der Waals surface area contributed by atoms with Crippen molar-refractivity contribution in [3.8, 4) is 0 Å². The van der Waals surface area contributed by atoms with Gasteiger partial charge in [-0.1, -0.05) is 6.07 Å². The molecule has 0 aliphatic carbocycles. The number of rotatable bonds is 4. The second-order valence-electron chi connectivity index (χ2n) is 5.69. The number of nitrogens with zero attached hydrogens (tertiary/aromatic N) is 4. The summed E-state index contributed by atoms with van der Waals surface area (Å²) < 4.78 is 2.05. The van der Waals surface area contributed by atoms with E-state index in [2.05, 4.69) is 38.7 Å². The van der Waals surface area contributed by atoms with Crippen molar-refractivity contribution >= 4 is 17.1 Å². The number of pyridine rings is 2. The fraction of sp³-hybridized carbons (Fsp3) is 0.294. The molecule has 6 heteroatoms. The molecule has 0 fully saturated rings. The minimum absolute atomic E-state index is 0.194. The number of hydrogen-bond acceptors (Lipinski definition) is 4. The zero-order valence-electron chi connectivity index (χ0n) is 13.4. The van der Waals surface area contributed by atoms with E-state index in [1.807, 2.05) is 19.1 Å². The van der Waals surface area contributed by atoms with Gasteiger partial charge in [-0.25, -0.2) is 9.97 Å². The summed E-state index contributed by atoms with van der Waals surface area (Å²) in [7, 11) is 0. The van der Waals surface area contributed by atoms with Gasteiger partial charge in [-0.15, -0.1) is 0 Å². The Morgan fingerprint density at radius 3 is 2.57 bits per heavy atom. The summed E-state index contributed by atoms with van der Waals surface area (Å²) in [5, 5.41) is 2.96. The first-order chi connectivity index (χ1) is 11.1. The van der Waals surface area contributed by atoms with Crippen molar-refractivity contribution in [1.29, 1.82) is 0 Å². The quantitative estimate of drug-likeness (QED) is 0.804. The van der Waals surface area contributed by atoms with Gasteiger partial charge in [0.15, 0.2) is 5.65 Å². The number of nitrogens with one attached hydrogen (secondary N) is 1. The van der Waals surface area contributed by atoms with E-state index in [1.54, 1.807) is 30.6 Å². The summed E-state index contributed by atoms with van der Waals surface area (Å²) in [6, 6.07) is 9.00. The summed E-state index contributed by atoms with van der Waals surface area (Å²) in [4.78, 5) is 25.4. The smallest absolute Gasteiger partial charge is 0.270 e. The van der Waals surface area contributed by atoms with E-state index in [9.17, 15) is 4.79 Å². The molecule has 1 atom stereocenters. The molecular weight excluding hydrogens is 290 g/mol. The van der Waals surface area contributed by atoms with Gasteiger partial charge in [-0.3, -0.25) is 9.78 Å². The first kappa shape index (κ1) is 15.1. The van der Waals surface area contributed by atoms with Crippen molar-refractivity contribution in [2.75, 3.05) is 0 Å². The maximum atomic E-state index is 12.3. The fourth-order valence-corrected chi connectivity index (χ4v) is 2.59. The van der Waals surface area contributed by atoms with E-state index in [4.69, 9.17) is 0 Å². The van der Waals surface area contributed by atoms with Crippen LogP contribution in [-0.4, -0.2) is 25.4 Å². The van der Waals surface area contributed by atoms with Crippen molar-refractivity contribution in [1.82, 2.24) is 24.8 Å². The van der Waals surface area contributed by atoms with Gasteiger partial charge in [0.1, 0.15) is 17.0 Å². The van der Waals surface area contributed by atoms with Crippen molar-refractivity contribution in [2.45, 2.75) is 32.9 Å². The summed E-state index contributed by atoms with van der Waals surface area (Å²) in [6.45, 7) is 6.07. The molecule has 118 valence electrons. The fourth-order valence-electron chi connectivity index (χ4n) is 2.59. The molecular formula is C17H19N5O. The van der Waals surface area contributed by atoms with Crippen LogP contribution in [-0.2, 0) is 0 Å². The molecule has 3 aromatic rings. The number of fused-ring (bicyclic) bond motifs is 1. The molecule has 0 saturated carbocycles. The van der Waals surface area contributed by atoms with E-state index in [1.165, 1.54) is 0 Å². The molecule has 3 rings (SSSR count). The Bertz CT molecular complexity index is 825. The predicted molar refractivity (Wildman–Crippen MR) is 88.0 cm³/mol. The van der Waals surface area contributed by atoms with Gasteiger partial charge < -0.3 is 9.88 Å². The zero-order valence-corrected chi connectivity index (χ0v) is 13.4. The molecule has 1 N–H and O–H groups in total. The topological polar surface area (TPSA) is 72.7 Å². The van der Waals surface area contributed by atoms with Crippen LogP contribution in [0.25, 0.3) is 11.2 Å². The Labute approximate surface area is 134 Å². The maximum Gasteiger partial charge on any atom is 0.270 e. The SMILES string of the molecule is CC(NC(=O)c1ccccn1)c1nc2cccnc2n1C(C)C. The molecule has 0 bridgehead atoms. The lowest BCUT2D eigenvalue weighted by Gasteiger charge is -2.18.